The van der Waals surface area contributed by atoms with E-state index in [1.54, 1.807) is 0 Å². The molecule has 23 heavy (non-hydrogen) atoms. The molecule has 122 valence electrons. The van der Waals surface area contributed by atoms with Crippen molar-refractivity contribution in [2.24, 2.45) is 7.05 Å². The van der Waals surface area contributed by atoms with Crippen molar-refractivity contribution in [3.05, 3.63) is 36.0 Å². The molecule has 2 aliphatic rings. The van der Waals surface area contributed by atoms with Crippen LogP contribution in [0.5, 0.6) is 0 Å². The summed E-state index contributed by atoms with van der Waals surface area (Å²) in [4.78, 5) is 12.7. The molecular weight excluding hydrogens is 292 g/mol. The van der Waals surface area contributed by atoms with Crippen LogP contribution in [-0.2, 0) is 16.5 Å². The summed E-state index contributed by atoms with van der Waals surface area (Å²) in [5, 5.41) is 4.19. The first-order chi connectivity index (χ1) is 11.2. The Labute approximate surface area is 135 Å². The van der Waals surface area contributed by atoms with Gasteiger partial charge in [-0.2, -0.15) is 0 Å². The molecule has 4 rings (SSSR count). The van der Waals surface area contributed by atoms with Crippen molar-refractivity contribution in [1.82, 2.24) is 9.88 Å². The Kier molecular flexibility index (Phi) is 3.62. The smallest absolute Gasteiger partial charge is 0.252 e. The van der Waals surface area contributed by atoms with Gasteiger partial charge >= 0.3 is 0 Å². The van der Waals surface area contributed by atoms with Crippen LogP contribution in [0, 0.1) is 0 Å². The van der Waals surface area contributed by atoms with E-state index in [1.807, 2.05) is 42.1 Å². The van der Waals surface area contributed by atoms with Gasteiger partial charge in [-0.05, 0) is 31.0 Å². The second-order valence-corrected chi connectivity index (χ2v) is 6.52. The second-order valence-electron chi connectivity index (χ2n) is 6.52. The molecule has 0 unspecified atom stereocenters. The lowest BCUT2D eigenvalue weighted by atomic mass is 9.90. The van der Waals surface area contributed by atoms with E-state index in [-0.39, 0.29) is 17.7 Å². The van der Waals surface area contributed by atoms with E-state index >= 15 is 0 Å². The molecular formula is C18H22N2O3. The number of carbonyl (C=O) groups is 1. The van der Waals surface area contributed by atoms with E-state index in [4.69, 9.17) is 9.47 Å². The number of aromatic nitrogens is 1. The molecule has 5 nitrogen and oxygen atoms in total. The normalized spacial score (nSPS) is 21.1. The molecule has 1 aromatic carbocycles. The van der Waals surface area contributed by atoms with Crippen LogP contribution in [0.15, 0.2) is 30.5 Å². The van der Waals surface area contributed by atoms with E-state index in [9.17, 15) is 4.79 Å². The number of carbonyl (C=O) groups excluding carboxylic acids is 1. The van der Waals surface area contributed by atoms with Gasteiger partial charge < -0.3 is 19.4 Å². The lowest BCUT2D eigenvalue weighted by Gasteiger charge is -2.35. The molecule has 2 fully saturated rings. The Morgan fingerprint density at radius 2 is 1.96 bits per heavy atom. The highest BCUT2D eigenvalue weighted by Gasteiger charge is 2.40. The largest absolute Gasteiger partial charge is 0.351 e. The number of benzene rings is 1. The highest BCUT2D eigenvalue weighted by atomic mass is 16.7. The third-order valence-electron chi connectivity index (χ3n) is 5.07. The zero-order chi connectivity index (χ0) is 15.9. The predicted molar refractivity (Wildman–Crippen MR) is 87.3 cm³/mol. The van der Waals surface area contributed by atoms with Crippen LogP contribution in [0.25, 0.3) is 10.9 Å². The minimum Gasteiger partial charge on any atom is -0.351 e. The maximum absolute atomic E-state index is 12.7. The molecule has 0 atom stereocenters. The van der Waals surface area contributed by atoms with Crippen LogP contribution < -0.4 is 5.32 Å². The zero-order valence-corrected chi connectivity index (χ0v) is 13.4. The van der Waals surface area contributed by atoms with Crippen molar-refractivity contribution in [3.63, 3.8) is 0 Å². The minimum atomic E-state index is -0.374. The van der Waals surface area contributed by atoms with Gasteiger partial charge in [-0.3, -0.25) is 4.79 Å². The number of fused-ring (bicyclic) bond motifs is 1. The first-order valence-corrected chi connectivity index (χ1v) is 8.30. The van der Waals surface area contributed by atoms with Crippen LogP contribution in [-0.4, -0.2) is 35.5 Å². The molecule has 1 saturated heterocycles. The second kappa shape index (κ2) is 5.65. The predicted octanol–water partition coefficient (Wildman–Crippen LogP) is 2.59. The fourth-order valence-corrected chi connectivity index (χ4v) is 3.75. The van der Waals surface area contributed by atoms with Gasteiger partial charge in [0.1, 0.15) is 0 Å². The molecule has 2 heterocycles. The average Bonchev–Trinajstić information content (AvgIpc) is 3.17. The van der Waals surface area contributed by atoms with Gasteiger partial charge in [-0.1, -0.05) is 6.07 Å². The van der Waals surface area contributed by atoms with Crippen molar-refractivity contribution in [2.45, 2.75) is 37.5 Å². The van der Waals surface area contributed by atoms with Crippen molar-refractivity contribution >= 4 is 16.8 Å². The Hall–Kier alpha value is -1.85. The number of ether oxygens (including phenoxy) is 2. The molecule has 1 spiro atoms. The Morgan fingerprint density at radius 3 is 2.70 bits per heavy atom. The molecule has 2 aromatic rings. The molecule has 0 bridgehead atoms. The van der Waals surface area contributed by atoms with Crippen molar-refractivity contribution in [1.29, 1.82) is 0 Å². The standard InChI is InChI=1S/C18H22N2O3/c1-20-10-7-14-15(3-2-4-16(14)20)17(21)19-13-5-8-18(9-6-13)22-11-12-23-18/h2-4,7,10,13H,5-6,8-9,11-12H2,1H3,(H,19,21). The summed E-state index contributed by atoms with van der Waals surface area (Å²) in [5.74, 6) is -0.364. The Bertz CT molecular complexity index is 721. The van der Waals surface area contributed by atoms with Crippen LogP contribution >= 0.6 is 0 Å². The number of amides is 1. The summed E-state index contributed by atoms with van der Waals surface area (Å²) in [6.45, 7) is 1.38. The molecule has 1 aliphatic heterocycles. The Balaban J connectivity index is 1.46. The molecule has 1 amide bonds. The number of rotatable bonds is 2. The SMILES string of the molecule is Cn1ccc2c(C(=O)NC3CCC4(CC3)OCCO4)cccc21. The van der Waals surface area contributed by atoms with Gasteiger partial charge in [0.25, 0.3) is 5.91 Å². The van der Waals surface area contributed by atoms with E-state index in [2.05, 4.69) is 5.32 Å². The van der Waals surface area contributed by atoms with Crippen LogP contribution in [0.2, 0.25) is 0 Å². The van der Waals surface area contributed by atoms with Gasteiger partial charge in [0.2, 0.25) is 0 Å². The lowest BCUT2D eigenvalue weighted by molar-refractivity contribution is -0.179. The third kappa shape index (κ3) is 2.64. The van der Waals surface area contributed by atoms with E-state index in [1.165, 1.54) is 0 Å². The molecule has 5 heteroatoms. The molecule has 1 aliphatic carbocycles. The highest BCUT2D eigenvalue weighted by molar-refractivity contribution is 6.06. The van der Waals surface area contributed by atoms with Gasteiger partial charge in [-0.15, -0.1) is 0 Å². The van der Waals surface area contributed by atoms with E-state index in [0.717, 1.165) is 42.1 Å². The summed E-state index contributed by atoms with van der Waals surface area (Å²) >= 11 is 0. The number of nitrogens with one attached hydrogen (secondary N) is 1. The van der Waals surface area contributed by atoms with Gasteiger partial charge in [0.05, 0.1) is 13.2 Å². The maximum Gasteiger partial charge on any atom is 0.252 e. The van der Waals surface area contributed by atoms with Crippen LogP contribution in [0.4, 0.5) is 0 Å². The van der Waals surface area contributed by atoms with Gasteiger partial charge in [0, 0.05) is 48.6 Å². The molecule has 1 saturated carbocycles. The fraction of sp³-hybridized carbons (Fsp3) is 0.500. The average molecular weight is 314 g/mol. The molecule has 1 aromatic heterocycles. The summed E-state index contributed by atoms with van der Waals surface area (Å²) < 4.78 is 13.5. The summed E-state index contributed by atoms with van der Waals surface area (Å²) in [5.41, 5.74) is 1.82. The third-order valence-corrected chi connectivity index (χ3v) is 5.07. The zero-order valence-electron chi connectivity index (χ0n) is 13.4. The van der Waals surface area contributed by atoms with E-state index in [0.29, 0.717) is 13.2 Å². The highest BCUT2D eigenvalue weighted by Crippen LogP contribution is 2.35. The van der Waals surface area contributed by atoms with Crippen LogP contribution in [0.1, 0.15) is 36.0 Å². The molecule has 0 radical (unpaired) electrons. The Morgan fingerprint density at radius 1 is 1.22 bits per heavy atom. The minimum absolute atomic E-state index is 0.0102. The number of hydrogen-bond donors (Lipinski definition) is 1. The van der Waals surface area contributed by atoms with Crippen molar-refractivity contribution in [2.75, 3.05) is 13.2 Å². The number of hydrogen-bond acceptors (Lipinski definition) is 3. The van der Waals surface area contributed by atoms with Crippen molar-refractivity contribution < 1.29 is 14.3 Å². The summed E-state index contributed by atoms with van der Waals surface area (Å²) in [6, 6.07) is 8.06. The number of nitrogens with zero attached hydrogens (tertiary/aromatic N) is 1. The van der Waals surface area contributed by atoms with E-state index < -0.39 is 0 Å². The van der Waals surface area contributed by atoms with Gasteiger partial charge in [0.15, 0.2) is 5.79 Å². The lowest BCUT2D eigenvalue weighted by Crippen LogP contribution is -2.44. The first kappa shape index (κ1) is 14.7. The fourth-order valence-electron chi connectivity index (χ4n) is 3.75. The van der Waals surface area contributed by atoms with Crippen LogP contribution in [0.3, 0.4) is 0 Å². The molecule has 1 N–H and O–H groups in total. The summed E-state index contributed by atoms with van der Waals surface area (Å²) in [7, 11) is 1.99. The topological polar surface area (TPSA) is 52.5 Å². The summed E-state index contributed by atoms with van der Waals surface area (Å²) in [6.07, 6.45) is 5.49. The maximum atomic E-state index is 12.7. The monoisotopic (exact) mass is 314 g/mol. The quantitative estimate of drug-likeness (QED) is 0.927. The van der Waals surface area contributed by atoms with Crippen molar-refractivity contribution in [3.8, 4) is 0 Å². The van der Waals surface area contributed by atoms with Gasteiger partial charge in [-0.25, -0.2) is 0 Å². The number of aryl methyl sites for hydroxylation is 1. The first-order valence-electron chi connectivity index (χ1n) is 8.30.